The predicted molar refractivity (Wildman–Crippen MR) is 95.6 cm³/mol. The van der Waals surface area contributed by atoms with Crippen LogP contribution < -0.4 is 10.1 Å². The van der Waals surface area contributed by atoms with Crippen LogP contribution in [0.3, 0.4) is 0 Å². The Morgan fingerprint density at radius 2 is 2.00 bits per heavy atom. The van der Waals surface area contributed by atoms with Gasteiger partial charge in [0.1, 0.15) is 0 Å². The minimum atomic E-state index is 0. The molecule has 0 saturated heterocycles. The summed E-state index contributed by atoms with van der Waals surface area (Å²) in [5.74, 6) is 0.681. The van der Waals surface area contributed by atoms with Gasteiger partial charge in [0.05, 0.1) is 7.11 Å². The second kappa shape index (κ2) is 7.90. The molecule has 2 aromatic carbocycles. The Labute approximate surface area is 141 Å². The van der Waals surface area contributed by atoms with E-state index < -0.39 is 0 Å². The second-order valence-electron chi connectivity index (χ2n) is 5.29. The van der Waals surface area contributed by atoms with Crippen molar-refractivity contribution in [1.29, 1.82) is 0 Å². The molecule has 1 aromatic heterocycles. The molecule has 0 unspecified atom stereocenters. The van der Waals surface area contributed by atoms with E-state index in [9.17, 15) is 5.11 Å². The van der Waals surface area contributed by atoms with E-state index in [0.717, 1.165) is 25.1 Å². The highest BCUT2D eigenvalue weighted by Gasteiger charge is 2.04. The molecule has 0 amide bonds. The number of hydrogen-bond acceptors (Lipinski definition) is 3. The van der Waals surface area contributed by atoms with E-state index in [1.54, 1.807) is 13.2 Å². The van der Waals surface area contributed by atoms with E-state index in [1.807, 2.05) is 18.2 Å². The fourth-order valence-electron chi connectivity index (χ4n) is 2.63. The quantitative estimate of drug-likeness (QED) is 0.604. The first-order chi connectivity index (χ1) is 10.8. The minimum absolute atomic E-state index is 0. The molecule has 3 rings (SSSR count). The average molecular weight is 333 g/mol. The number of nitrogens with one attached hydrogen (secondary N) is 2. The Bertz CT molecular complexity index is 771. The highest BCUT2D eigenvalue weighted by atomic mass is 35.5. The zero-order valence-corrected chi connectivity index (χ0v) is 13.8. The monoisotopic (exact) mass is 332 g/mol. The SMILES string of the molecule is COc1cc(CNCCc2c[nH]c3ccccc23)ccc1O.Cl. The molecule has 0 radical (unpaired) electrons. The average Bonchev–Trinajstić information content (AvgIpc) is 2.96. The summed E-state index contributed by atoms with van der Waals surface area (Å²) in [5, 5.41) is 14.3. The van der Waals surface area contributed by atoms with Gasteiger partial charge in [-0.2, -0.15) is 0 Å². The first-order valence-corrected chi connectivity index (χ1v) is 7.39. The number of rotatable bonds is 6. The van der Waals surface area contributed by atoms with Crippen molar-refractivity contribution in [2.45, 2.75) is 13.0 Å². The fraction of sp³-hybridized carbons (Fsp3) is 0.222. The zero-order valence-electron chi connectivity index (χ0n) is 13.0. The van der Waals surface area contributed by atoms with Crippen LogP contribution in [0.1, 0.15) is 11.1 Å². The number of para-hydroxylation sites is 1. The third kappa shape index (κ3) is 3.97. The van der Waals surface area contributed by atoms with Gasteiger partial charge in [-0.15, -0.1) is 12.4 Å². The number of ether oxygens (including phenoxy) is 1. The molecule has 0 fully saturated rings. The van der Waals surface area contributed by atoms with Crippen LogP contribution in [0.15, 0.2) is 48.7 Å². The molecule has 0 aliphatic rings. The van der Waals surface area contributed by atoms with E-state index in [0.29, 0.717) is 5.75 Å². The molecule has 5 heteroatoms. The maximum absolute atomic E-state index is 9.58. The Balaban J connectivity index is 0.00000192. The van der Waals surface area contributed by atoms with Crippen molar-refractivity contribution in [3.8, 4) is 11.5 Å². The summed E-state index contributed by atoms with van der Waals surface area (Å²) < 4.78 is 5.12. The fourth-order valence-corrected chi connectivity index (χ4v) is 2.63. The summed E-state index contributed by atoms with van der Waals surface area (Å²) in [7, 11) is 1.56. The topological polar surface area (TPSA) is 57.3 Å². The second-order valence-corrected chi connectivity index (χ2v) is 5.29. The van der Waals surface area contributed by atoms with Gasteiger partial charge in [-0.05, 0) is 42.3 Å². The van der Waals surface area contributed by atoms with E-state index in [-0.39, 0.29) is 18.2 Å². The number of hydrogen-bond donors (Lipinski definition) is 3. The number of aromatic nitrogens is 1. The molecule has 3 aromatic rings. The van der Waals surface area contributed by atoms with E-state index in [2.05, 4.69) is 34.7 Å². The number of fused-ring (bicyclic) bond motifs is 1. The van der Waals surface area contributed by atoms with Crippen LogP contribution in [0, 0.1) is 0 Å². The molecule has 0 aliphatic heterocycles. The maximum atomic E-state index is 9.58. The number of benzene rings is 2. The molecule has 122 valence electrons. The highest BCUT2D eigenvalue weighted by molar-refractivity contribution is 5.85. The molecule has 0 atom stereocenters. The van der Waals surface area contributed by atoms with Crippen molar-refractivity contribution >= 4 is 23.3 Å². The summed E-state index contributed by atoms with van der Waals surface area (Å²) >= 11 is 0. The first kappa shape index (κ1) is 17.2. The van der Waals surface area contributed by atoms with E-state index in [1.165, 1.54) is 16.5 Å². The van der Waals surface area contributed by atoms with Gasteiger partial charge in [-0.1, -0.05) is 24.3 Å². The number of phenolic OH excluding ortho intramolecular Hbond substituents is 1. The largest absolute Gasteiger partial charge is 0.504 e. The van der Waals surface area contributed by atoms with Gasteiger partial charge in [0.15, 0.2) is 11.5 Å². The molecular weight excluding hydrogens is 312 g/mol. The first-order valence-electron chi connectivity index (χ1n) is 7.39. The molecular formula is C18H21ClN2O2. The lowest BCUT2D eigenvalue weighted by Crippen LogP contribution is -2.16. The molecule has 23 heavy (non-hydrogen) atoms. The van der Waals surface area contributed by atoms with Gasteiger partial charge in [0.2, 0.25) is 0 Å². The summed E-state index contributed by atoms with van der Waals surface area (Å²) in [6.07, 6.45) is 3.05. The third-order valence-electron chi connectivity index (χ3n) is 3.82. The van der Waals surface area contributed by atoms with Crippen molar-refractivity contribution in [3.63, 3.8) is 0 Å². The number of phenols is 1. The standard InChI is InChI=1S/C18H20N2O2.ClH/c1-22-18-10-13(6-7-17(18)21)11-19-9-8-14-12-20-16-5-3-2-4-15(14)16;/h2-7,10,12,19-21H,8-9,11H2,1H3;1H. The number of aromatic amines is 1. The van der Waals surface area contributed by atoms with Crippen molar-refractivity contribution < 1.29 is 9.84 Å². The number of halogens is 1. The molecule has 0 saturated carbocycles. The van der Waals surface area contributed by atoms with Crippen LogP contribution in [0.4, 0.5) is 0 Å². The Hall–Kier alpha value is -2.17. The van der Waals surface area contributed by atoms with Crippen LogP contribution in [0.2, 0.25) is 0 Å². The van der Waals surface area contributed by atoms with E-state index in [4.69, 9.17) is 4.74 Å². The lowest BCUT2D eigenvalue weighted by atomic mass is 10.1. The van der Waals surface area contributed by atoms with Crippen molar-refractivity contribution in [2.75, 3.05) is 13.7 Å². The Morgan fingerprint density at radius 1 is 1.17 bits per heavy atom. The minimum Gasteiger partial charge on any atom is -0.504 e. The molecule has 0 aliphatic carbocycles. The zero-order chi connectivity index (χ0) is 15.4. The van der Waals surface area contributed by atoms with Crippen molar-refractivity contribution in [2.24, 2.45) is 0 Å². The van der Waals surface area contributed by atoms with Crippen molar-refractivity contribution in [1.82, 2.24) is 10.3 Å². The van der Waals surface area contributed by atoms with Gasteiger partial charge in [-0.3, -0.25) is 0 Å². The van der Waals surface area contributed by atoms with Crippen LogP contribution in [-0.2, 0) is 13.0 Å². The van der Waals surface area contributed by atoms with Gasteiger partial charge in [-0.25, -0.2) is 0 Å². The number of methoxy groups -OCH3 is 1. The molecule has 1 heterocycles. The van der Waals surface area contributed by atoms with Gasteiger partial charge >= 0.3 is 0 Å². The summed E-state index contributed by atoms with van der Waals surface area (Å²) in [4.78, 5) is 3.30. The predicted octanol–water partition coefficient (Wildman–Crippen LogP) is 3.64. The lowest BCUT2D eigenvalue weighted by Gasteiger charge is -2.08. The van der Waals surface area contributed by atoms with Crippen LogP contribution in [-0.4, -0.2) is 23.7 Å². The molecule has 3 N–H and O–H groups in total. The summed E-state index contributed by atoms with van der Waals surface area (Å²) in [6.45, 7) is 1.64. The van der Waals surface area contributed by atoms with Crippen LogP contribution in [0.25, 0.3) is 10.9 Å². The summed E-state index contributed by atoms with van der Waals surface area (Å²) in [5.41, 5.74) is 3.60. The van der Waals surface area contributed by atoms with Gasteiger partial charge in [0, 0.05) is 23.6 Å². The van der Waals surface area contributed by atoms with Crippen molar-refractivity contribution in [3.05, 3.63) is 59.8 Å². The normalized spacial score (nSPS) is 10.5. The highest BCUT2D eigenvalue weighted by Crippen LogP contribution is 2.26. The summed E-state index contributed by atoms with van der Waals surface area (Å²) in [6, 6.07) is 13.8. The molecule has 0 spiro atoms. The van der Waals surface area contributed by atoms with Crippen LogP contribution in [0.5, 0.6) is 11.5 Å². The smallest absolute Gasteiger partial charge is 0.160 e. The van der Waals surface area contributed by atoms with Crippen LogP contribution >= 0.6 is 12.4 Å². The Morgan fingerprint density at radius 3 is 2.83 bits per heavy atom. The van der Waals surface area contributed by atoms with Gasteiger partial charge < -0.3 is 20.1 Å². The lowest BCUT2D eigenvalue weighted by molar-refractivity contribution is 0.373. The third-order valence-corrected chi connectivity index (χ3v) is 3.82. The Kier molecular flexibility index (Phi) is 5.90. The van der Waals surface area contributed by atoms with E-state index >= 15 is 0 Å². The number of aromatic hydroxyl groups is 1. The number of H-pyrrole nitrogens is 1. The molecule has 4 nitrogen and oxygen atoms in total. The van der Waals surface area contributed by atoms with Gasteiger partial charge in [0.25, 0.3) is 0 Å². The molecule has 0 bridgehead atoms. The maximum Gasteiger partial charge on any atom is 0.160 e.